The molecule has 9 nitrogen and oxygen atoms in total. The van der Waals surface area contributed by atoms with Crippen molar-refractivity contribution in [3.8, 4) is 11.1 Å². The number of benzene rings is 2. The van der Waals surface area contributed by atoms with Gasteiger partial charge in [0, 0.05) is 30.5 Å². The van der Waals surface area contributed by atoms with Gasteiger partial charge in [0.1, 0.15) is 5.82 Å². The molecule has 2 aromatic carbocycles. The molecular formula is C24H24N6O3. The topological polar surface area (TPSA) is 112 Å². The normalized spacial score (nSPS) is 11.0. The summed E-state index contributed by atoms with van der Waals surface area (Å²) in [5.41, 5.74) is 2.47. The van der Waals surface area contributed by atoms with Crippen LogP contribution < -0.4 is 16.3 Å². The largest absolute Gasteiger partial charge is 0.422 e. The van der Waals surface area contributed by atoms with Crippen LogP contribution in [0.5, 0.6) is 0 Å². The van der Waals surface area contributed by atoms with Crippen LogP contribution in [0.2, 0.25) is 0 Å². The molecule has 33 heavy (non-hydrogen) atoms. The summed E-state index contributed by atoms with van der Waals surface area (Å²) >= 11 is 0. The van der Waals surface area contributed by atoms with E-state index in [0.29, 0.717) is 33.7 Å². The number of likely N-dealkylation sites (N-methyl/N-ethyl adjacent to an activating group) is 1. The number of amides is 1. The van der Waals surface area contributed by atoms with E-state index in [1.54, 1.807) is 18.2 Å². The van der Waals surface area contributed by atoms with E-state index in [9.17, 15) is 14.8 Å². The average Bonchev–Trinajstić information content (AvgIpc) is 2.82. The Morgan fingerprint density at radius 3 is 2.61 bits per heavy atom. The molecule has 0 spiro atoms. The van der Waals surface area contributed by atoms with Gasteiger partial charge in [-0.25, -0.2) is 9.78 Å². The van der Waals surface area contributed by atoms with Crippen molar-refractivity contribution in [3.63, 3.8) is 0 Å². The van der Waals surface area contributed by atoms with Crippen LogP contribution in [0.4, 0.5) is 11.5 Å². The summed E-state index contributed by atoms with van der Waals surface area (Å²) in [5, 5.41) is 16.4. The van der Waals surface area contributed by atoms with Crippen molar-refractivity contribution in [1.82, 2.24) is 24.9 Å². The van der Waals surface area contributed by atoms with Crippen molar-refractivity contribution in [1.29, 1.82) is 0 Å². The van der Waals surface area contributed by atoms with Gasteiger partial charge in [-0.2, -0.15) is 4.98 Å². The molecule has 0 atom stereocenters. The summed E-state index contributed by atoms with van der Waals surface area (Å²) in [6.07, 6.45) is 1.49. The monoisotopic (exact) mass is 444 g/mol. The van der Waals surface area contributed by atoms with E-state index in [1.165, 1.54) is 6.20 Å². The third kappa shape index (κ3) is 4.99. The maximum atomic E-state index is 12.4. The van der Waals surface area contributed by atoms with Crippen LogP contribution in [0.1, 0.15) is 10.4 Å². The molecule has 4 aromatic rings. The molecule has 168 valence electrons. The molecule has 4 rings (SSSR count). The van der Waals surface area contributed by atoms with Crippen molar-refractivity contribution in [2.45, 2.75) is 0 Å². The third-order valence-corrected chi connectivity index (χ3v) is 5.08. The highest BCUT2D eigenvalue weighted by molar-refractivity contribution is 5.95. The molecule has 0 radical (unpaired) electrons. The number of hydrogen-bond donors (Lipinski definition) is 3. The van der Waals surface area contributed by atoms with Crippen LogP contribution in [0.25, 0.3) is 22.2 Å². The lowest BCUT2D eigenvalue weighted by atomic mass is 10.0. The number of nitrogens with zero attached hydrogens (tertiary/aromatic N) is 4. The van der Waals surface area contributed by atoms with Gasteiger partial charge in [0.25, 0.3) is 5.91 Å². The molecule has 0 saturated carbocycles. The van der Waals surface area contributed by atoms with Crippen LogP contribution >= 0.6 is 0 Å². The number of carbonyl (C=O) groups is 1. The van der Waals surface area contributed by atoms with E-state index in [0.717, 1.165) is 17.7 Å². The Bertz CT molecular complexity index is 1350. The summed E-state index contributed by atoms with van der Waals surface area (Å²) in [7, 11) is 3.92. The van der Waals surface area contributed by atoms with Gasteiger partial charge in [0.05, 0.1) is 5.39 Å². The van der Waals surface area contributed by atoms with Crippen molar-refractivity contribution >= 4 is 28.4 Å². The summed E-state index contributed by atoms with van der Waals surface area (Å²) < 4.78 is 0.424. The molecular weight excluding hydrogens is 420 g/mol. The van der Waals surface area contributed by atoms with Gasteiger partial charge < -0.3 is 20.7 Å². The van der Waals surface area contributed by atoms with Crippen molar-refractivity contribution in [3.05, 3.63) is 82.9 Å². The lowest BCUT2D eigenvalue weighted by molar-refractivity contribution is 0.0951. The number of carbonyl (C=O) groups excluding carboxylic acids is 1. The van der Waals surface area contributed by atoms with Crippen molar-refractivity contribution in [2.24, 2.45) is 0 Å². The van der Waals surface area contributed by atoms with Gasteiger partial charge in [-0.05, 0) is 61.6 Å². The molecule has 1 amide bonds. The lowest BCUT2D eigenvalue weighted by Crippen LogP contribution is -2.31. The van der Waals surface area contributed by atoms with E-state index < -0.39 is 5.69 Å². The molecule has 9 heteroatoms. The second kappa shape index (κ2) is 9.49. The number of aromatic nitrogens is 3. The average molecular weight is 444 g/mol. The second-order valence-corrected chi connectivity index (χ2v) is 7.77. The minimum atomic E-state index is -0.819. The van der Waals surface area contributed by atoms with Gasteiger partial charge in [-0.3, -0.25) is 4.79 Å². The first-order valence-corrected chi connectivity index (χ1v) is 10.4. The highest BCUT2D eigenvalue weighted by atomic mass is 16.5. The summed E-state index contributed by atoms with van der Waals surface area (Å²) in [6, 6.07) is 18.4. The standard InChI is InChI=1S/C24H24N6O3/c1-29(2)14-13-26-23(31)18-6-3-5-17(15-18)16-8-10-19(11-9-16)27-21-20-7-4-12-25-22(20)30(33)24(32)28-21/h3-12,15,33H,13-14H2,1-2H3,(H,26,31)(H,27,28,32). The molecule has 0 saturated heterocycles. The van der Waals surface area contributed by atoms with Crippen molar-refractivity contribution in [2.75, 3.05) is 32.5 Å². The molecule has 0 aliphatic carbocycles. The zero-order chi connectivity index (χ0) is 23.4. The Morgan fingerprint density at radius 1 is 1.06 bits per heavy atom. The summed E-state index contributed by atoms with van der Waals surface area (Å²) in [4.78, 5) is 34.3. The molecule has 0 aliphatic rings. The zero-order valence-corrected chi connectivity index (χ0v) is 18.3. The first-order chi connectivity index (χ1) is 15.9. The SMILES string of the molecule is CN(C)CCNC(=O)c1cccc(-c2ccc(Nc3nc(=O)n(O)c4ncccc34)cc2)c1. The second-order valence-electron chi connectivity index (χ2n) is 7.77. The number of fused-ring (bicyclic) bond motifs is 1. The Balaban J connectivity index is 1.53. The van der Waals surface area contributed by atoms with E-state index in [4.69, 9.17) is 0 Å². The van der Waals surface area contributed by atoms with Crippen molar-refractivity contribution < 1.29 is 10.0 Å². The maximum Gasteiger partial charge on any atom is 0.384 e. The lowest BCUT2D eigenvalue weighted by Gasteiger charge is -2.12. The van der Waals surface area contributed by atoms with Crippen LogP contribution in [-0.4, -0.2) is 57.9 Å². The number of rotatable bonds is 7. The molecule has 0 fully saturated rings. The number of anilines is 2. The van der Waals surface area contributed by atoms with Gasteiger partial charge in [-0.15, -0.1) is 4.73 Å². The predicted octanol–water partition coefficient (Wildman–Crippen LogP) is 2.73. The fraction of sp³-hybridized carbons (Fsp3) is 0.167. The Labute approximate surface area is 190 Å². The van der Waals surface area contributed by atoms with Crippen LogP contribution in [-0.2, 0) is 0 Å². The number of nitrogens with one attached hydrogen (secondary N) is 2. The Kier molecular flexibility index (Phi) is 6.32. The quantitative estimate of drug-likeness (QED) is 0.376. The highest BCUT2D eigenvalue weighted by Gasteiger charge is 2.11. The highest BCUT2D eigenvalue weighted by Crippen LogP contribution is 2.25. The summed E-state index contributed by atoms with van der Waals surface area (Å²) in [6.45, 7) is 1.35. The number of hydrogen-bond acceptors (Lipinski definition) is 7. The minimum Gasteiger partial charge on any atom is -0.422 e. The molecule has 0 aliphatic heterocycles. The van der Waals surface area contributed by atoms with Gasteiger partial charge in [0.2, 0.25) is 0 Å². The first-order valence-electron chi connectivity index (χ1n) is 10.4. The van der Waals surface area contributed by atoms with E-state index in [-0.39, 0.29) is 11.6 Å². The third-order valence-electron chi connectivity index (χ3n) is 5.08. The molecule has 2 heterocycles. The minimum absolute atomic E-state index is 0.109. The summed E-state index contributed by atoms with van der Waals surface area (Å²) in [5.74, 6) is 0.194. The first kappa shape index (κ1) is 22.0. The molecule has 3 N–H and O–H groups in total. The zero-order valence-electron chi connectivity index (χ0n) is 18.3. The maximum absolute atomic E-state index is 12.4. The predicted molar refractivity (Wildman–Crippen MR) is 127 cm³/mol. The van der Waals surface area contributed by atoms with Crippen LogP contribution in [0, 0.1) is 0 Å². The Hall–Kier alpha value is -4.24. The molecule has 0 unspecified atom stereocenters. The van der Waals surface area contributed by atoms with Gasteiger partial charge in [0.15, 0.2) is 5.65 Å². The van der Waals surface area contributed by atoms with Crippen LogP contribution in [0.15, 0.2) is 71.7 Å². The molecule has 0 bridgehead atoms. The smallest absolute Gasteiger partial charge is 0.384 e. The fourth-order valence-corrected chi connectivity index (χ4v) is 3.36. The fourth-order valence-electron chi connectivity index (χ4n) is 3.36. The van der Waals surface area contributed by atoms with Crippen LogP contribution in [0.3, 0.4) is 0 Å². The van der Waals surface area contributed by atoms with Gasteiger partial charge >= 0.3 is 5.69 Å². The molecule has 2 aromatic heterocycles. The van der Waals surface area contributed by atoms with Gasteiger partial charge in [-0.1, -0.05) is 24.3 Å². The van der Waals surface area contributed by atoms with E-state index in [2.05, 4.69) is 20.6 Å². The van der Waals surface area contributed by atoms with E-state index >= 15 is 0 Å². The Morgan fingerprint density at radius 2 is 1.85 bits per heavy atom. The number of pyridine rings is 1. The van der Waals surface area contributed by atoms with E-state index in [1.807, 2.05) is 61.5 Å².